The van der Waals surface area contributed by atoms with E-state index in [1.807, 2.05) is 13.1 Å². The van der Waals surface area contributed by atoms with E-state index in [2.05, 4.69) is 30.6 Å². The number of rotatable bonds is 2. The minimum Gasteiger partial charge on any atom is -0.464 e. The summed E-state index contributed by atoms with van der Waals surface area (Å²) in [5, 5.41) is 1.02. The number of ether oxygens (including phenoxy) is 1. The lowest BCUT2D eigenvalue weighted by Gasteiger charge is -2.04. The number of hydrogen-bond acceptors (Lipinski definition) is 3. The van der Waals surface area contributed by atoms with Gasteiger partial charge in [-0.2, -0.15) is 0 Å². The Labute approximate surface area is 101 Å². The lowest BCUT2D eigenvalue weighted by molar-refractivity contribution is 0.0594. The number of H-pyrrole nitrogens is 1. The van der Waals surface area contributed by atoms with Gasteiger partial charge in [0.2, 0.25) is 0 Å². The highest BCUT2D eigenvalue weighted by Crippen LogP contribution is 2.27. The van der Waals surface area contributed by atoms with Crippen molar-refractivity contribution < 1.29 is 9.53 Å². The van der Waals surface area contributed by atoms with Crippen LogP contribution in [0.1, 0.15) is 23.1 Å². The molecule has 0 aliphatic rings. The molecule has 84 valence electrons. The molecule has 2 aromatic rings. The second-order valence-electron chi connectivity index (χ2n) is 3.36. The molecule has 0 spiro atoms. The maximum absolute atomic E-state index is 11.4. The van der Waals surface area contributed by atoms with E-state index in [1.54, 1.807) is 6.07 Å². The Bertz CT molecular complexity index is 548. The number of esters is 1. The van der Waals surface area contributed by atoms with Crippen molar-refractivity contribution in [3.63, 3.8) is 0 Å². The first-order valence-corrected chi connectivity index (χ1v) is 5.71. The molecule has 0 aromatic carbocycles. The lowest BCUT2D eigenvalue weighted by Crippen LogP contribution is -2.06. The van der Waals surface area contributed by atoms with Gasteiger partial charge in [0.25, 0.3) is 0 Å². The number of aryl methyl sites for hydroxylation is 1. The summed E-state index contributed by atoms with van der Waals surface area (Å²) < 4.78 is 5.63. The highest BCUT2D eigenvalue weighted by molar-refractivity contribution is 9.10. The van der Waals surface area contributed by atoms with Crippen LogP contribution < -0.4 is 0 Å². The quantitative estimate of drug-likeness (QED) is 0.862. The van der Waals surface area contributed by atoms with Crippen LogP contribution in [-0.2, 0) is 11.2 Å². The van der Waals surface area contributed by atoms with Gasteiger partial charge in [0.05, 0.1) is 18.3 Å². The molecule has 2 heterocycles. The fraction of sp³-hybridized carbons (Fsp3) is 0.273. The molecule has 4 nitrogen and oxygen atoms in total. The van der Waals surface area contributed by atoms with E-state index >= 15 is 0 Å². The van der Waals surface area contributed by atoms with E-state index in [4.69, 9.17) is 0 Å². The van der Waals surface area contributed by atoms with Gasteiger partial charge < -0.3 is 9.72 Å². The molecule has 1 N–H and O–H groups in total. The highest BCUT2D eigenvalue weighted by atomic mass is 79.9. The minimum atomic E-state index is -0.415. The summed E-state index contributed by atoms with van der Waals surface area (Å²) in [6, 6.07) is 1.70. The van der Waals surface area contributed by atoms with Crippen LogP contribution in [0.3, 0.4) is 0 Å². The van der Waals surface area contributed by atoms with Crippen LogP contribution in [0, 0.1) is 0 Å². The van der Waals surface area contributed by atoms with E-state index in [9.17, 15) is 4.79 Å². The van der Waals surface area contributed by atoms with Gasteiger partial charge >= 0.3 is 5.97 Å². The van der Waals surface area contributed by atoms with Crippen molar-refractivity contribution in [3.05, 3.63) is 28.1 Å². The van der Waals surface area contributed by atoms with Crippen LogP contribution in [0.25, 0.3) is 10.9 Å². The number of fused-ring (bicyclic) bond motifs is 1. The Morgan fingerprint density at radius 3 is 3.00 bits per heavy atom. The predicted octanol–water partition coefficient (Wildman–Crippen LogP) is 2.67. The normalized spacial score (nSPS) is 10.7. The molecule has 0 saturated heterocycles. The fourth-order valence-electron chi connectivity index (χ4n) is 1.66. The number of nitrogens with one attached hydrogen (secondary N) is 1. The molecule has 2 rings (SSSR count). The molecule has 0 fully saturated rings. The fourth-order valence-corrected chi connectivity index (χ4v) is 2.21. The smallest absolute Gasteiger partial charge is 0.356 e. The maximum atomic E-state index is 11.4. The largest absolute Gasteiger partial charge is 0.464 e. The SMILES string of the molecule is CCc1nc(C(=O)OC)cc2[nH]cc(Br)c12. The Morgan fingerprint density at radius 2 is 2.38 bits per heavy atom. The maximum Gasteiger partial charge on any atom is 0.356 e. The van der Waals surface area contributed by atoms with Crippen LogP contribution in [0.5, 0.6) is 0 Å². The number of aromatic nitrogens is 2. The Kier molecular flexibility index (Phi) is 2.96. The van der Waals surface area contributed by atoms with Crippen molar-refractivity contribution in [1.29, 1.82) is 0 Å². The van der Waals surface area contributed by atoms with Gasteiger partial charge in [-0.15, -0.1) is 0 Å². The molecule has 0 aliphatic heterocycles. The molecule has 2 aromatic heterocycles. The van der Waals surface area contributed by atoms with Gasteiger partial charge in [-0.1, -0.05) is 6.92 Å². The van der Waals surface area contributed by atoms with Crippen LogP contribution in [0.15, 0.2) is 16.7 Å². The summed E-state index contributed by atoms with van der Waals surface area (Å²) in [6.45, 7) is 2.00. The zero-order chi connectivity index (χ0) is 11.7. The first kappa shape index (κ1) is 11.1. The summed E-state index contributed by atoms with van der Waals surface area (Å²) >= 11 is 3.45. The first-order valence-electron chi connectivity index (χ1n) is 4.92. The number of pyridine rings is 1. The number of halogens is 1. The first-order chi connectivity index (χ1) is 7.67. The second kappa shape index (κ2) is 4.25. The topological polar surface area (TPSA) is 55.0 Å². The number of hydrogen-bond donors (Lipinski definition) is 1. The molecule has 5 heteroatoms. The summed E-state index contributed by atoms with van der Waals surface area (Å²) in [5.74, 6) is -0.415. The van der Waals surface area contributed by atoms with Crippen molar-refractivity contribution >= 4 is 32.8 Å². The number of nitrogens with zero attached hydrogens (tertiary/aromatic N) is 1. The van der Waals surface area contributed by atoms with Gasteiger partial charge in [0.1, 0.15) is 0 Å². The molecule has 0 unspecified atom stereocenters. The van der Waals surface area contributed by atoms with E-state index in [0.717, 1.165) is 27.5 Å². The highest BCUT2D eigenvalue weighted by Gasteiger charge is 2.14. The van der Waals surface area contributed by atoms with Crippen molar-refractivity contribution in [2.24, 2.45) is 0 Å². The van der Waals surface area contributed by atoms with Gasteiger partial charge in [-0.05, 0) is 28.4 Å². The summed E-state index contributed by atoms with van der Waals surface area (Å²) in [5.41, 5.74) is 2.10. The average molecular weight is 283 g/mol. The minimum absolute atomic E-state index is 0.334. The number of methoxy groups -OCH3 is 1. The van der Waals surface area contributed by atoms with Crippen molar-refractivity contribution in [2.75, 3.05) is 7.11 Å². The summed E-state index contributed by atoms with van der Waals surface area (Å²) in [4.78, 5) is 18.8. The monoisotopic (exact) mass is 282 g/mol. The van der Waals surface area contributed by atoms with Crippen molar-refractivity contribution in [3.8, 4) is 0 Å². The molecule has 0 bridgehead atoms. The molecule has 0 amide bonds. The van der Waals surface area contributed by atoms with E-state index in [1.165, 1.54) is 7.11 Å². The van der Waals surface area contributed by atoms with Crippen molar-refractivity contribution in [2.45, 2.75) is 13.3 Å². The predicted molar refractivity (Wildman–Crippen MR) is 64.5 cm³/mol. The van der Waals surface area contributed by atoms with Crippen LogP contribution in [0.2, 0.25) is 0 Å². The van der Waals surface area contributed by atoms with E-state index < -0.39 is 5.97 Å². The third kappa shape index (κ3) is 1.71. The number of carbonyl (C=O) groups excluding carboxylic acids is 1. The molecule has 0 atom stereocenters. The molecule has 16 heavy (non-hydrogen) atoms. The Hall–Kier alpha value is -1.36. The van der Waals surface area contributed by atoms with Gasteiger partial charge in [-0.25, -0.2) is 9.78 Å². The zero-order valence-electron chi connectivity index (χ0n) is 9.00. The third-order valence-electron chi connectivity index (χ3n) is 2.42. The van der Waals surface area contributed by atoms with E-state index in [-0.39, 0.29) is 0 Å². The molecule has 0 saturated carbocycles. The Balaban J connectivity index is 2.69. The zero-order valence-corrected chi connectivity index (χ0v) is 10.6. The Morgan fingerprint density at radius 1 is 1.62 bits per heavy atom. The summed E-state index contributed by atoms with van der Waals surface area (Å²) in [7, 11) is 1.35. The standard InChI is InChI=1S/C11H11BrN2O2/c1-3-7-10-6(12)5-13-8(10)4-9(14-7)11(15)16-2/h4-5,13H,3H2,1-2H3. The third-order valence-corrected chi connectivity index (χ3v) is 3.04. The summed E-state index contributed by atoms with van der Waals surface area (Å²) in [6.07, 6.45) is 2.60. The lowest BCUT2D eigenvalue weighted by atomic mass is 10.2. The number of carbonyl (C=O) groups is 1. The molecular formula is C11H11BrN2O2. The second-order valence-corrected chi connectivity index (χ2v) is 4.21. The molecule has 0 aliphatic carbocycles. The van der Waals surface area contributed by atoms with Crippen LogP contribution in [-0.4, -0.2) is 23.0 Å². The average Bonchev–Trinajstić information content (AvgIpc) is 2.69. The van der Waals surface area contributed by atoms with E-state index in [0.29, 0.717) is 5.69 Å². The van der Waals surface area contributed by atoms with Crippen LogP contribution >= 0.6 is 15.9 Å². The van der Waals surface area contributed by atoms with Gasteiger partial charge in [0, 0.05) is 16.1 Å². The molecule has 0 radical (unpaired) electrons. The number of aromatic amines is 1. The van der Waals surface area contributed by atoms with Gasteiger partial charge in [-0.3, -0.25) is 0 Å². The van der Waals surface area contributed by atoms with Gasteiger partial charge in [0.15, 0.2) is 5.69 Å². The van der Waals surface area contributed by atoms with Crippen LogP contribution in [0.4, 0.5) is 0 Å². The van der Waals surface area contributed by atoms with Crippen molar-refractivity contribution in [1.82, 2.24) is 9.97 Å². The molecular weight excluding hydrogens is 272 g/mol.